The van der Waals surface area contributed by atoms with Crippen molar-refractivity contribution in [2.45, 2.75) is 6.92 Å². The van der Waals surface area contributed by atoms with E-state index in [0.29, 0.717) is 0 Å². The number of anilines is 1. The first-order valence-electron chi connectivity index (χ1n) is 6.83. The van der Waals surface area contributed by atoms with Crippen molar-refractivity contribution in [3.63, 3.8) is 0 Å². The first kappa shape index (κ1) is 15.1. The van der Waals surface area contributed by atoms with Gasteiger partial charge in [-0.25, -0.2) is 5.84 Å². The highest BCUT2D eigenvalue weighted by Gasteiger charge is 2.21. The zero-order chi connectivity index (χ0) is 14.5. The standard InChI is InChI=1S/C14H21ClN4O/c1-11(14(20)17-16)10-18-6-8-19(9-7-18)13-4-2-12(15)3-5-13/h2-5,11H,6-10,16H2,1H3,(H,17,20). The maximum atomic E-state index is 11.4. The number of carbonyl (C=O) groups excluding carboxylic acids is 1. The topological polar surface area (TPSA) is 61.6 Å². The van der Waals surface area contributed by atoms with Crippen molar-refractivity contribution in [1.29, 1.82) is 0 Å². The van der Waals surface area contributed by atoms with Crippen LogP contribution in [-0.2, 0) is 4.79 Å². The molecule has 1 aromatic rings. The molecule has 1 saturated heterocycles. The molecule has 0 radical (unpaired) electrons. The molecule has 1 aliphatic heterocycles. The number of piperazine rings is 1. The fourth-order valence-electron chi connectivity index (χ4n) is 2.45. The Morgan fingerprint density at radius 1 is 1.30 bits per heavy atom. The number of hydrazine groups is 1. The van der Waals surface area contributed by atoms with Crippen LogP contribution in [-0.4, -0.2) is 43.5 Å². The number of nitrogens with two attached hydrogens (primary N) is 1. The van der Waals surface area contributed by atoms with Gasteiger partial charge in [0.15, 0.2) is 0 Å². The molecule has 1 heterocycles. The van der Waals surface area contributed by atoms with Gasteiger partial charge in [0.05, 0.1) is 0 Å². The number of carbonyl (C=O) groups is 1. The Morgan fingerprint density at radius 3 is 2.45 bits per heavy atom. The minimum absolute atomic E-state index is 0.0814. The van der Waals surface area contributed by atoms with Gasteiger partial charge in [0, 0.05) is 49.4 Å². The highest BCUT2D eigenvalue weighted by Crippen LogP contribution is 2.19. The minimum atomic E-state index is -0.106. The van der Waals surface area contributed by atoms with Crippen LogP contribution < -0.4 is 16.2 Å². The summed E-state index contributed by atoms with van der Waals surface area (Å²) in [6, 6.07) is 7.92. The smallest absolute Gasteiger partial charge is 0.237 e. The van der Waals surface area contributed by atoms with Crippen LogP contribution in [0.5, 0.6) is 0 Å². The van der Waals surface area contributed by atoms with E-state index in [1.165, 1.54) is 5.69 Å². The molecule has 20 heavy (non-hydrogen) atoms. The molecule has 1 aromatic carbocycles. The molecule has 2 rings (SSSR count). The van der Waals surface area contributed by atoms with Crippen molar-refractivity contribution in [3.05, 3.63) is 29.3 Å². The van der Waals surface area contributed by atoms with Gasteiger partial charge in [-0.3, -0.25) is 15.1 Å². The van der Waals surface area contributed by atoms with E-state index in [1.54, 1.807) is 0 Å². The highest BCUT2D eigenvalue weighted by atomic mass is 35.5. The third kappa shape index (κ3) is 3.85. The van der Waals surface area contributed by atoms with E-state index in [4.69, 9.17) is 17.4 Å². The van der Waals surface area contributed by atoms with E-state index in [-0.39, 0.29) is 11.8 Å². The first-order chi connectivity index (χ1) is 9.60. The second kappa shape index (κ2) is 6.92. The number of hydrogen-bond acceptors (Lipinski definition) is 4. The third-order valence-corrected chi connectivity index (χ3v) is 3.94. The van der Waals surface area contributed by atoms with Crippen LogP contribution >= 0.6 is 11.6 Å². The third-order valence-electron chi connectivity index (χ3n) is 3.69. The van der Waals surface area contributed by atoms with Crippen LogP contribution in [0.25, 0.3) is 0 Å². The summed E-state index contributed by atoms with van der Waals surface area (Å²) in [4.78, 5) is 16.0. The maximum Gasteiger partial charge on any atom is 0.237 e. The molecule has 110 valence electrons. The van der Waals surface area contributed by atoms with Gasteiger partial charge in [0.25, 0.3) is 0 Å². The molecule has 1 aliphatic rings. The Hall–Kier alpha value is -1.30. The van der Waals surface area contributed by atoms with E-state index in [0.717, 1.165) is 37.7 Å². The average molecular weight is 297 g/mol. The molecule has 0 aromatic heterocycles. The summed E-state index contributed by atoms with van der Waals surface area (Å²) in [7, 11) is 0. The molecule has 1 fully saturated rings. The van der Waals surface area contributed by atoms with Gasteiger partial charge >= 0.3 is 0 Å². The van der Waals surface area contributed by atoms with Crippen LogP contribution in [0.4, 0.5) is 5.69 Å². The van der Waals surface area contributed by atoms with E-state index < -0.39 is 0 Å². The number of rotatable bonds is 4. The Balaban J connectivity index is 1.83. The van der Waals surface area contributed by atoms with E-state index in [1.807, 2.05) is 31.2 Å². The molecule has 0 saturated carbocycles. The summed E-state index contributed by atoms with van der Waals surface area (Å²) in [5.74, 6) is 4.96. The van der Waals surface area contributed by atoms with Crippen molar-refractivity contribution in [1.82, 2.24) is 10.3 Å². The quantitative estimate of drug-likeness (QED) is 0.496. The monoisotopic (exact) mass is 296 g/mol. The zero-order valence-corrected chi connectivity index (χ0v) is 12.4. The van der Waals surface area contributed by atoms with E-state index in [2.05, 4.69) is 15.2 Å². The van der Waals surface area contributed by atoms with Gasteiger partial charge in [-0.1, -0.05) is 18.5 Å². The molecule has 1 amide bonds. The second-order valence-electron chi connectivity index (χ2n) is 5.17. The van der Waals surface area contributed by atoms with Crippen molar-refractivity contribution in [3.8, 4) is 0 Å². The van der Waals surface area contributed by atoms with Crippen LogP contribution in [0, 0.1) is 5.92 Å². The summed E-state index contributed by atoms with van der Waals surface area (Å²) in [5.41, 5.74) is 3.40. The van der Waals surface area contributed by atoms with Crippen LogP contribution in [0.3, 0.4) is 0 Å². The molecule has 1 atom stereocenters. The summed E-state index contributed by atoms with van der Waals surface area (Å²) in [6.45, 7) is 6.46. The molecule has 1 unspecified atom stereocenters. The minimum Gasteiger partial charge on any atom is -0.369 e. The summed E-state index contributed by atoms with van der Waals surface area (Å²) in [5, 5.41) is 0.758. The zero-order valence-electron chi connectivity index (χ0n) is 11.7. The summed E-state index contributed by atoms with van der Waals surface area (Å²) >= 11 is 5.90. The molecular formula is C14H21ClN4O. The number of hydrogen-bond donors (Lipinski definition) is 2. The average Bonchev–Trinajstić information content (AvgIpc) is 2.48. The van der Waals surface area contributed by atoms with Crippen molar-refractivity contribution < 1.29 is 4.79 Å². The lowest BCUT2D eigenvalue weighted by molar-refractivity contribution is -0.125. The van der Waals surface area contributed by atoms with Crippen molar-refractivity contribution in [2.24, 2.45) is 11.8 Å². The predicted octanol–water partition coefficient (Wildman–Crippen LogP) is 1.09. The predicted molar refractivity (Wildman–Crippen MR) is 81.6 cm³/mol. The Morgan fingerprint density at radius 2 is 1.90 bits per heavy atom. The Kier molecular flexibility index (Phi) is 5.23. The summed E-state index contributed by atoms with van der Waals surface area (Å²) < 4.78 is 0. The SMILES string of the molecule is CC(CN1CCN(c2ccc(Cl)cc2)CC1)C(=O)NN. The lowest BCUT2D eigenvalue weighted by atomic mass is 10.1. The highest BCUT2D eigenvalue weighted by molar-refractivity contribution is 6.30. The van der Waals surface area contributed by atoms with Gasteiger partial charge < -0.3 is 4.90 Å². The molecule has 0 aliphatic carbocycles. The molecule has 0 spiro atoms. The van der Waals surface area contributed by atoms with Crippen LogP contribution in [0.2, 0.25) is 5.02 Å². The van der Waals surface area contributed by atoms with Crippen LogP contribution in [0.1, 0.15) is 6.92 Å². The number of amides is 1. The van der Waals surface area contributed by atoms with Gasteiger partial charge in [-0.15, -0.1) is 0 Å². The van der Waals surface area contributed by atoms with Crippen molar-refractivity contribution >= 4 is 23.2 Å². The lowest BCUT2D eigenvalue weighted by Gasteiger charge is -2.37. The molecule has 3 N–H and O–H groups in total. The largest absolute Gasteiger partial charge is 0.369 e. The first-order valence-corrected chi connectivity index (χ1v) is 7.21. The molecule has 5 nitrogen and oxygen atoms in total. The molecule has 6 heteroatoms. The van der Waals surface area contributed by atoms with Gasteiger partial charge in [-0.2, -0.15) is 0 Å². The normalized spacial score (nSPS) is 17.9. The summed E-state index contributed by atoms with van der Waals surface area (Å²) in [6.07, 6.45) is 0. The Labute approximate surface area is 124 Å². The fraction of sp³-hybridized carbons (Fsp3) is 0.500. The van der Waals surface area contributed by atoms with E-state index in [9.17, 15) is 4.79 Å². The van der Waals surface area contributed by atoms with Gasteiger partial charge in [-0.05, 0) is 24.3 Å². The number of nitrogens with zero attached hydrogens (tertiary/aromatic N) is 2. The number of nitrogens with one attached hydrogen (secondary N) is 1. The molecule has 0 bridgehead atoms. The van der Waals surface area contributed by atoms with Crippen LogP contribution in [0.15, 0.2) is 24.3 Å². The van der Waals surface area contributed by atoms with Crippen molar-refractivity contribution in [2.75, 3.05) is 37.6 Å². The van der Waals surface area contributed by atoms with Gasteiger partial charge in [0.1, 0.15) is 0 Å². The second-order valence-corrected chi connectivity index (χ2v) is 5.61. The number of halogens is 1. The maximum absolute atomic E-state index is 11.4. The Bertz CT molecular complexity index is 443. The molecular weight excluding hydrogens is 276 g/mol. The van der Waals surface area contributed by atoms with E-state index >= 15 is 0 Å². The number of benzene rings is 1. The fourth-order valence-corrected chi connectivity index (χ4v) is 2.58. The lowest BCUT2D eigenvalue weighted by Crippen LogP contribution is -2.49. The van der Waals surface area contributed by atoms with Gasteiger partial charge in [0.2, 0.25) is 5.91 Å².